The van der Waals surface area contributed by atoms with Crippen LogP contribution in [0.5, 0.6) is 5.75 Å². The van der Waals surface area contributed by atoms with Gasteiger partial charge in [-0.25, -0.2) is 14.4 Å². The first-order valence-electron chi connectivity index (χ1n) is 14.6. The summed E-state index contributed by atoms with van der Waals surface area (Å²) in [5.74, 6) is -2.74. The normalized spacial score (nSPS) is 12.5. The SMILES string of the molecule is CCc1cc(Nc2nccn3c(-c4ccc(OC)c(F)c4F)cnc23)ccc1C(=O)NCC(O)CNC(=O)[C@@H](N)CCCCN. The number of methoxy groups -OCH3 is 1. The van der Waals surface area contributed by atoms with Gasteiger partial charge in [0.2, 0.25) is 11.7 Å². The number of aliphatic hydroxyl groups excluding tert-OH is 1. The Morgan fingerprint density at radius 1 is 1.09 bits per heavy atom. The molecule has 240 valence electrons. The van der Waals surface area contributed by atoms with Crippen molar-refractivity contribution in [3.8, 4) is 17.0 Å². The molecule has 0 fully saturated rings. The lowest BCUT2D eigenvalue weighted by Crippen LogP contribution is -2.45. The zero-order valence-electron chi connectivity index (χ0n) is 25.1. The highest BCUT2D eigenvalue weighted by molar-refractivity contribution is 5.96. The Morgan fingerprint density at radius 2 is 1.87 bits per heavy atom. The maximum atomic E-state index is 14.8. The minimum atomic E-state index is -1.09. The second-order valence-corrected chi connectivity index (χ2v) is 10.4. The van der Waals surface area contributed by atoms with E-state index in [1.807, 2.05) is 6.92 Å². The molecule has 8 N–H and O–H groups in total. The summed E-state index contributed by atoms with van der Waals surface area (Å²) in [4.78, 5) is 33.8. The van der Waals surface area contributed by atoms with Gasteiger partial charge in [0.25, 0.3) is 5.91 Å². The summed E-state index contributed by atoms with van der Waals surface area (Å²) in [5, 5.41) is 18.8. The Bertz CT molecular complexity index is 1650. The molecule has 2 amide bonds. The van der Waals surface area contributed by atoms with Crippen LogP contribution in [0.4, 0.5) is 20.3 Å². The van der Waals surface area contributed by atoms with Crippen LogP contribution in [-0.4, -0.2) is 70.2 Å². The van der Waals surface area contributed by atoms with Gasteiger partial charge in [-0.3, -0.25) is 14.0 Å². The number of amides is 2. The van der Waals surface area contributed by atoms with Gasteiger partial charge in [-0.1, -0.05) is 13.3 Å². The molecule has 0 spiro atoms. The van der Waals surface area contributed by atoms with Crippen LogP contribution in [0.2, 0.25) is 0 Å². The van der Waals surface area contributed by atoms with E-state index >= 15 is 0 Å². The van der Waals surface area contributed by atoms with Crippen molar-refractivity contribution in [2.45, 2.75) is 44.8 Å². The van der Waals surface area contributed by atoms with E-state index in [0.717, 1.165) is 18.4 Å². The second kappa shape index (κ2) is 15.4. The van der Waals surface area contributed by atoms with E-state index in [1.165, 1.54) is 31.6 Å². The number of nitrogens with zero attached hydrogens (tertiary/aromatic N) is 3. The number of aliphatic hydroxyl groups is 1. The van der Waals surface area contributed by atoms with Gasteiger partial charge in [-0.15, -0.1) is 0 Å². The first kappa shape index (κ1) is 33.2. The third-order valence-corrected chi connectivity index (χ3v) is 7.28. The highest BCUT2D eigenvalue weighted by atomic mass is 19.2. The number of unbranched alkanes of at least 4 members (excludes halogenated alkanes) is 1. The number of carbonyl (C=O) groups is 2. The predicted molar refractivity (Wildman–Crippen MR) is 166 cm³/mol. The number of carbonyl (C=O) groups excluding carboxylic acids is 2. The molecule has 2 aromatic heterocycles. The van der Waals surface area contributed by atoms with Crippen LogP contribution in [0.3, 0.4) is 0 Å². The average Bonchev–Trinajstić information content (AvgIpc) is 3.48. The fraction of sp³-hybridized carbons (Fsp3) is 0.355. The molecule has 0 radical (unpaired) electrons. The number of fused-ring (bicyclic) bond motifs is 1. The zero-order valence-corrected chi connectivity index (χ0v) is 25.1. The summed E-state index contributed by atoms with van der Waals surface area (Å²) in [7, 11) is 1.26. The van der Waals surface area contributed by atoms with Gasteiger partial charge in [0.05, 0.1) is 31.1 Å². The van der Waals surface area contributed by atoms with Crippen molar-refractivity contribution in [3.63, 3.8) is 0 Å². The van der Waals surface area contributed by atoms with E-state index in [4.69, 9.17) is 16.2 Å². The number of nitrogens with two attached hydrogens (primary N) is 2. The molecule has 4 aromatic rings. The standard InChI is InChI=1S/C31H38F2N8O4/c1-3-18-14-19(7-8-21(18)30(43)38-15-20(42)16-39-31(44)23(35)6-4-5-11-34)40-28-29-37-17-24(41(29)13-12-36-28)22-9-10-25(45-2)27(33)26(22)32/h7-10,12-14,17,20,23,42H,3-6,11,15-16,34-35H2,1-2H3,(H,36,40)(H,38,43)(H,39,44)/t20?,23-/m0/s1. The Kier molecular flexibility index (Phi) is 11.4. The summed E-state index contributed by atoms with van der Waals surface area (Å²) < 4.78 is 35.7. The maximum absolute atomic E-state index is 14.8. The Balaban J connectivity index is 1.41. The highest BCUT2D eigenvalue weighted by Gasteiger charge is 2.20. The number of aromatic nitrogens is 3. The first-order valence-corrected chi connectivity index (χ1v) is 14.6. The minimum Gasteiger partial charge on any atom is -0.494 e. The van der Waals surface area contributed by atoms with E-state index in [0.29, 0.717) is 47.8 Å². The molecule has 0 aliphatic rings. The third kappa shape index (κ3) is 7.90. The number of aryl methyl sites for hydroxylation is 1. The van der Waals surface area contributed by atoms with Crippen LogP contribution in [-0.2, 0) is 11.2 Å². The van der Waals surface area contributed by atoms with E-state index < -0.39 is 23.8 Å². The van der Waals surface area contributed by atoms with Crippen LogP contribution in [0.1, 0.15) is 42.1 Å². The average molecular weight is 625 g/mol. The molecule has 2 heterocycles. The molecule has 0 bridgehead atoms. The quantitative estimate of drug-likeness (QED) is 0.108. The Hall–Kier alpha value is -4.66. The molecular weight excluding hydrogens is 586 g/mol. The summed E-state index contributed by atoms with van der Waals surface area (Å²) in [6.07, 6.45) is 6.07. The monoisotopic (exact) mass is 624 g/mol. The number of hydrogen-bond donors (Lipinski definition) is 6. The van der Waals surface area contributed by atoms with Crippen LogP contribution in [0.15, 0.2) is 48.9 Å². The molecule has 4 rings (SSSR count). The molecule has 2 aromatic carbocycles. The summed E-state index contributed by atoms with van der Waals surface area (Å²) in [6, 6.07) is 7.23. The van der Waals surface area contributed by atoms with Crippen LogP contribution < -0.4 is 32.2 Å². The number of hydrogen-bond acceptors (Lipinski definition) is 9. The van der Waals surface area contributed by atoms with Gasteiger partial charge in [0.1, 0.15) is 0 Å². The number of nitrogens with one attached hydrogen (secondary N) is 3. The molecule has 14 heteroatoms. The van der Waals surface area contributed by atoms with Crippen LogP contribution in [0.25, 0.3) is 16.9 Å². The lowest BCUT2D eigenvalue weighted by Gasteiger charge is -2.17. The lowest BCUT2D eigenvalue weighted by atomic mass is 10.0. The smallest absolute Gasteiger partial charge is 0.251 e. The van der Waals surface area contributed by atoms with Crippen LogP contribution in [0, 0.1) is 11.6 Å². The Morgan fingerprint density at radius 3 is 2.60 bits per heavy atom. The molecule has 45 heavy (non-hydrogen) atoms. The van der Waals surface area contributed by atoms with Crippen molar-refractivity contribution >= 4 is 29.0 Å². The van der Waals surface area contributed by atoms with Crippen molar-refractivity contribution in [2.24, 2.45) is 11.5 Å². The lowest BCUT2D eigenvalue weighted by molar-refractivity contribution is -0.122. The molecule has 0 saturated heterocycles. The zero-order chi connectivity index (χ0) is 32.5. The number of benzene rings is 2. The number of halogens is 2. The predicted octanol–water partition coefficient (Wildman–Crippen LogP) is 2.65. The Labute approximate surface area is 259 Å². The summed E-state index contributed by atoms with van der Waals surface area (Å²) in [6.45, 7) is 2.31. The van der Waals surface area contributed by atoms with E-state index in [9.17, 15) is 23.5 Å². The van der Waals surface area contributed by atoms with Gasteiger partial charge in [0, 0.05) is 42.3 Å². The molecule has 0 saturated carbocycles. The number of imidazole rings is 1. The molecule has 0 aliphatic heterocycles. The van der Waals surface area contributed by atoms with Gasteiger partial charge in [0.15, 0.2) is 23.0 Å². The number of ether oxygens (including phenoxy) is 1. The topological polar surface area (TPSA) is 182 Å². The number of rotatable bonds is 15. The third-order valence-electron chi connectivity index (χ3n) is 7.28. The molecular formula is C31H38F2N8O4. The molecule has 12 nitrogen and oxygen atoms in total. The molecule has 0 aliphatic carbocycles. The maximum Gasteiger partial charge on any atom is 0.251 e. The van der Waals surface area contributed by atoms with Crippen LogP contribution >= 0.6 is 0 Å². The van der Waals surface area contributed by atoms with Crippen molar-refractivity contribution in [2.75, 3.05) is 32.1 Å². The summed E-state index contributed by atoms with van der Waals surface area (Å²) >= 11 is 0. The summed E-state index contributed by atoms with van der Waals surface area (Å²) in [5.41, 5.74) is 13.8. The van der Waals surface area contributed by atoms with Crippen molar-refractivity contribution in [3.05, 3.63) is 71.7 Å². The fourth-order valence-corrected chi connectivity index (χ4v) is 4.78. The highest BCUT2D eigenvalue weighted by Crippen LogP contribution is 2.31. The van der Waals surface area contributed by atoms with E-state index in [-0.39, 0.29) is 36.2 Å². The van der Waals surface area contributed by atoms with E-state index in [1.54, 1.807) is 28.8 Å². The van der Waals surface area contributed by atoms with Gasteiger partial charge < -0.3 is 37.3 Å². The van der Waals surface area contributed by atoms with Gasteiger partial charge in [-0.05, 0) is 61.7 Å². The van der Waals surface area contributed by atoms with Crippen molar-refractivity contribution < 1.29 is 28.2 Å². The second-order valence-electron chi connectivity index (χ2n) is 10.4. The number of anilines is 2. The first-order chi connectivity index (χ1) is 21.7. The van der Waals surface area contributed by atoms with Gasteiger partial charge in [-0.2, -0.15) is 4.39 Å². The van der Waals surface area contributed by atoms with Crippen molar-refractivity contribution in [1.29, 1.82) is 0 Å². The largest absolute Gasteiger partial charge is 0.494 e. The van der Waals surface area contributed by atoms with E-state index in [2.05, 4.69) is 25.9 Å². The minimum absolute atomic E-state index is 0.0102. The van der Waals surface area contributed by atoms with Gasteiger partial charge >= 0.3 is 0 Å². The molecule has 2 atom stereocenters. The van der Waals surface area contributed by atoms with Crippen molar-refractivity contribution in [1.82, 2.24) is 25.0 Å². The molecule has 1 unspecified atom stereocenters. The fourth-order valence-electron chi connectivity index (χ4n) is 4.78.